The standard InChI is InChI=1S/C13H20O2/c1-4-9-13(3)10-7-6-8-11(13)15-12(14)5-2/h11H,5-8,10H2,1-3H3. The number of carbonyl (C=O) groups excluding carboxylic acids is 1. The second kappa shape index (κ2) is 5.21. The lowest BCUT2D eigenvalue weighted by atomic mass is 9.74. The first kappa shape index (κ1) is 12.1. The summed E-state index contributed by atoms with van der Waals surface area (Å²) in [7, 11) is 0. The van der Waals surface area contributed by atoms with E-state index in [0.717, 1.165) is 19.3 Å². The molecule has 1 saturated carbocycles. The van der Waals surface area contributed by atoms with Crippen LogP contribution in [0.15, 0.2) is 0 Å². The Hall–Kier alpha value is -0.970. The molecule has 0 aromatic rings. The molecule has 84 valence electrons. The van der Waals surface area contributed by atoms with E-state index in [0.29, 0.717) is 6.42 Å². The van der Waals surface area contributed by atoms with Crippen molar-refractivity contribution in [3.05, 3.63) is 0 Å². The Bertz CT molecular complexity index is 285. The highest BCUT2D eigenvalue weighted by Gasteiger charge is 2.37. The van der Waals surface area contributed by atoms with Crippen molar-refractivity contribution in [2.45, 2.75) is 59.0 Å². The van der Waals surface area contributed by atoms with Crippen LogP contribution >= 0.6 is 0 Å². The quantitative estimate of drug-likeness (QED) is 0.515. The van der Waals surface area contributed by atoms with Gasteiger partial charge in [-0.2, -0.15) is 0 Å². The first-order valence-corrected chi connectivity index (χ1v) is 5.76. The van der Waals surface area contributed by atoms with Crippen LogP contribution in [-0.4, -0.2) is 12.1 Å². The monoisotopic (exact) mass is 208 g/mol. The van der Waals surface area contributed by atoms with E-state index in [1.807, 2.05) is 13.8 Å². The molecule has 2 unspecified atom stereocenters. The molecule has 2 nitrogen and oxygen atoms in total. The molecule has 0 aromatic heterocycles. The number of hydrogen-bond acceptors (Lipinski definition) is 2. The summed E-state index contributed by atoms with van der Waals surface area (Å²) >= 11 is 0. The smallest absolute Gasteiger partial charge is 0.305 e. The van der Waals surface area contributed by atoms with Gasteiger partial charge in [-0.05, 0) is 33.1 Å². The molecule has 0 saturated heterocycles. The van der Waals surface area contributed by atoms with Gasteiger partial charge in [0, 0.05) is 6.42 Å². The van der Waals surface area contributed by atoms with Gasteiger partial charge in [0.05, 0.1) is 5.41 Å². The van der Waals surface area contributed by atoms with Crippen LogP contribution in [0.3, 0.4) is 0 Å². The first-order valence-electron chi connectivity index (χ1n) is 5.76. The van der Waals surface area contributed by atoms with Crippen LogP contribution in [0.4, 0.5) is 0 Å². The highest BCUT2D eigenvalue weighted by atomic mass is 16.5. The topological polar surface area (TPSA) is 26.3 Å². The summed E-state index contributed by atoms with van der Waals surface area (Å²) in [5.74, 6) is 6.07. The van der Waals surface area contributed by atoms with Gasteiger partial charge in [0.25, 0.3) is 0 Å². The Morgan fingerprint density at radius 3 is 2.87 bits per heavy atom. The van der Waals surface area contributed by atoms with Gasteiger partial charge in [-0.15, -0.1) is 5.92 Å². The molecule has 2 atom stereocenters. The highest BCUT2D eigenvalue weighted by molar-refractivity contribution is 5.69. The number of carbonyl (C=O) groups is 1. The van der Waals surface area contributed by atoms with Gasteiger partial charge < -0.3 is 4.74 Å². The van der Waals surface area contributed by atoms with E-state index < -0.39 is 0 Å². The van der Waals surface area contributed by atoms with E-state index in [1.54, 1.807) is 0 Å². The lowest BCUT2D eigenvalue weighted by Crippen LogP contribution is -2.38. The van der Waals surface area contributed by atoms with E-state index in [2.05, 4.69) is 18.8 Å². The van der Waals surface area contributed by atoms with Crippen LogP contribution in [0.5, 0.6) is 0 Å². The van der Waals surface area contributed by atoms with Gasteiger partial charge >= 0.3 is 5.97 Å². The Labute approximate surface area is 92.4 Å². The molecule has 0 spiro atoms. The van der Waals surface area contributed by atoms with Gasteiger partial charge in [0.2, 0.25) is 0 Å². The predicted octanol–water partition coefficient (Wildman–Crippen LogP) is 2.91. The summed E-state index contributed by atoms with van der Waals surface area (Å²) in [4.78, 5) is 11.3. The predicted molar refractivity (Wildman–Crippen MR) is 60.2 cm³/mol. The molecule has 1 aliphatic rings. The third-order valence-corrected chi connectivity index (χ3v) is 3.10. The molecule has 15 heavy (non-hydrogen) atoms. The summed E-state index contributed by atoms with van der Waals surface area (Å²) in [5.41, 5.74) is -0.127. The van der Waals surface area contributed by atoms with Crippen LogP contribution < -0.4 is 0 Å². The minimum absolute atomic E-state index is 0.00819. The molecule has 0 aliphatic heterocycles. The molecular weight excluding hydrogens is 188 g/mol. The molecule has 0 bridgehead atoms. The summed E-state index contributed by atoms with van der Waals surface area (Å²) in [5, 5.41) is 0. The molecule has 1 aliphatic carbocycles. The van der Waals surface area contributed by atoms with Crippen LogP contribution in [0.1, 0.15) is 52.9 Å². The van der Waals surface area contributed by atoms with Crippen molar-refractivity contribution in [3.8, 4) is 11.8 Å². The van der Waals surface area contributed by atoms with Crippen LogP contribution in [0.2, 0.25) is 0 Å². The second-order valence-electron chi connectivity index (χ2n) is 4.37. The largest absolute Gasteiger partial charge is 0.461 e. The van der Waals surface area contributed by atoms with Gasteiger partial charge in [-0.25, -0.2) is 0 Å². The maximum atomic E-state index is 11.3. The maximum Gasteiger partial charge on any atom is 0.305 e. The van der Waals surface area contributed by atoms with Crippen LogP contribution in [-0.2, 0) is 9.53 Å². The fourth-order valence-corrected chi connectivity index (χ4v) is 2.16. The molecule has 0 aromatic carbocycles. The van der Waals surface area contributed by atoms with E-state index in [-0.39, 0.29) is 17.5 Å². The summed E-state index contributed by atoms with van der Waals surface area (Å²) in [6.07, 6.45) is 4.76. The molecule has 2 heteroatoms. The second-order valence-corrected chi connectivity index (χ2v) is 4.37. The average molecular weight is 208 g/mol. The van der Waals surface area contributed by atoms with Gasteiger partial charge in [-0.1, -0.05) is 19.3 Å². The van der Waals surface area contributed by atoms with Crippen LogP contribution in [0.25, 0.3) is 0 Å². The lowest BCUT2D eigenvalue weighted by molar-refractivity contribution is -0.155. The van der Waals surface area contributed by atoms with Gasteiger partial charge in [0.1, 0.15) is 6.10 Å². The fraction of sp³-hybridized carbons (Fsp3) is 0.769. The first-order chi connectivity index (χ1) is 7.12. The third-order valence-electron chi connectivity index (χ3n) is 3.10. The Balaban J connectivity index is 2.72. The zero-order chi connectivity index (χ0) is 11.3. The minimum Gasteiger partial charge on any atom is -0.461 e. The summed E-state index contributed by atoms with van der Waals surface area (Å²) in [6, 6.07) is 0. The van der Waals surface area contributed by atoms with E-state index in [9.17, 15) is 4.79 Å². The van der Waals surface area contributed by atoms with Crippen molar-refractivity contribution < 1.29 is 9.53 Å². The normalized spacial score (nSPS) is 30.2. The zero-order valence-corrected chi connectivity index (χ0v) is 9.93. The van der Waals surface area contributed by atoms with Gasteiger partial charge in [0.15, 0.2) is 0 Å². The number of rotatable bonds is 2. The zero-order valence-electron chi connectivity index (χ0n) is 9.93. The fourth-order valence-electron chi connectivity index (χ4n) is 2.16. The highest BCUT2D eigenvalue weighted by Crippen LogP contribution is 2.37. The molecule has 0 radical (unpaired) electrons. The minimum atomic E-state index is -0.127. The van der Waals surface area contributed by atoms with Gasteiger partial charge in [-0.3, -0.25) is 4.79 Å². The van der Waals surface area contributed by atoms with E-state index >= 15 is 0 Å². The Kier molecular flexibility index (Phi) is 4.20. The van der Waals surface area contributed by atoms with E-state index in [4.69, 9.17) is 4.74 Å². The van der Waals surface area contributed by atoms with Crippen molar-refractivity contribution >= 4 is 5.97 Å². The van der Waals surface area contributed by atoms with Crippen molar-refractivity contribution in [2.24, 2.45) is 5.41 Å². The molecule has 0 N–H and O–H groups in total. The average Bonchev–Trinajstić information content (AvgIpc) is 2.22. The number of hydrogen-bond donors (Lipinski definition) is 0. The Morgan fingerprint density at radius 1 is 1.53 bits per heavy atom. The van der Waals surface area contributed by atoms with Crippen molar-refractivity contribution in [3.63, 3.8) is 0 Å². The van der Waals surface area contributed by atoms with E-state index in [1.165, 1.54) is 6.42 Å². The molecular formula is C13H20O2. The molecule has 1 fully saturated rings. The van der Waals surface area contributed by atoms with Crippen LogP contribution in [0, 0.1) is 17.3 Å². The van der Waals surface area contributed by atoms with Crippen molar-refractivity contribution in [1.82, 2.24) is 0 Å². The number of ether oxygens (including phenoxy) is 1. The lowest BCUT2D eigenvalue weighted by Gasteiger charge is -2.36. The summed E-state index contributed by atoms with van der Waals surface area (Å²) < 4.78 is 5.47. The van der Waals surface area contributed by atoms with Crippen molar-refractivity contribution in [1.29, 1.82) is 0 Å². The maximum absolute atomic E-state index is 11.3. The third kappa shape index (κ3) is 2.99. The molecule has 0 amide bonds. The Morgan fingerprint density at radius 2 is 2.27 bits per heavy atom. The number of esters is 1. The summed E-state index contributed by atoms with van der Waals surface area (Å²) in [6.45, 7) is 5.78. The molecule has 0 heterocycles. The molecule has 1 rings (SSSR count). The van der Waals surface area contributed by atoms with Crippen molar-refractivity contribution in [2.75, 3.05) is 0 Å². The SMILES string of the molecule is CC#CC1(C)CCCCC1OC(=O)CC.